The molecular formula is C18H21N5OS. The van der Waals surface area contributed by atoms with E-state index in [1.807, 2.05) is 22.2 Å². The van der Waals surface area contributed by atoms with Crippen LogP contribution in [0.4, 0.5) is 0 Å². The lowest BCUT2D eigenvalue weighted by Crippen LogP contribution is -2.26. The Hall–Kier alpha value is -2.54. The summed E-state index contributed by atoms with van der Waals surface area (Å²) in [5, 5.41) is 5.76. The van der Waals surface area contributed by atoms with Crippen LogP contribution in [0.3, 0.4) is 0 Å². The molecule has 0 spiro atoms. The van der Waals surface area contributed by atoms with Crippen molar-refractivity contribution in [2.24, 2.45) is 5.92 Å². The summed E-state index contributed by atoms with van der Waals surface area (Å²) in [5.74, 6) is 0.372. The van der Waals surface area contributed by atoms with Crippen molar-refractivity contribution in [1.82, 2.24) is 24.8 Å². The lowest BCUT2D eigenvalue weighted by molar-refractivity contribution is 0.0949. The molecule has 0 saturated heterocycles. The van der Waals surface area contributed by atoms with Gasteiger partial charge in [-0.05, 0) is 18.9 Å². The molecule has 1 amide bonds. The van der Waals surface area contributed by atoms with Gasteiger partial charge in [0.05, 0.1) is 23.1 Å². The Morgan fingerprint density at radius 1 is 1.32 bits per heavy atom. The highest BCUT2D eigenvalue weighted by atomic mass is 32.1. The maximum Gasteiger partial charge on any atom is 0.252 e. The summed E-state index contributed by atoms with van der Waals surface area (Å²) in [4.78, 5) is 25.4. The molecule has 0 aliphatic carbocycles. The quantitative estimate of drug-likeness (QED) is 0.735. The van der Waals surface area contributed by atoms with Crippen LogP contribution in [0, 0.1) is 5.92 Å². The van der Waals surface area contributed by atoms with E-state index in [2.05, 4.69) is 41.0 Å². The second kappa shape index (κ2) is 7.57. The molecular weight excluding hydrogens is 334 g/mol. The van der Waals surface area contributed by atoms with Gasteiger partial charge >= 0.3 is 0 Å². The van der Waals surface area contributed by atoms with Crippen molar-refractivity contribution in [3.8, 4) is 22.1 Å². The lowest BCUT2D eigenvalue weighted by atomic mass is 10.2. The van der Waals surface area contributed by atoms with Crippen LogP contribution >= 0.6 is 11.3 Å². The molecule has 3 aromatic heterocycles. The summed E-state index contributed by atoms with van der Waals surface area (Å²) in [7, 11) is 0. The van der Waals surface area contributed by atoms with Crippen molar-refractivity contribution in [3.05, 3.63) is 41.8 Å². The molecule has 130 valence electrons. The Balaban J connectivity index is 1.87. The predicted octanol–water partition coefficient (Wildman–Crippen LogP) is 3.47. The van der Waals surface area contributed by atoms with Crippen LogP contribution in [0.1, 0.15) is 31.1 Å². The molecule has 0 aliphatic heterocycles. The Kier molecular flexibility index (Phi) is 5.23. The van der Waals surface area contributed by atoms with Crippen molar-refractivity contribution in [1.29, 1.82) is 0 Å². The molecule has 0 aliphatic rings. The van der Waals surface area contributed by atoms with E-state index in [-0.39, 0.29) is 5.91 Å². The normalized spacial score (nSPS) is 11.0. The molecule has 0 bridgehead atoms. The summed E-state index contributed by atoms with van der Waals surface area (Å²) >= 11 is 1.52. The molecule has 0 fully saturated rings. The summed E-state index contributed by atoms with van der Waals surface area (Å²) in [6.45, 7) is 7.64. The van der Waals surface area contributed by atoms with Crippen LogP contribution < -0.4 is 5.32 Å². The van der Waals surface area contributed by atoms with Gasteiger partial charge in [0, 0.05) is 37.1 Å². The number of thiazole rings is 1. The molecule has 1 N–H and O–H groups in total. The summed E-state index contributed by atoms with van der Waals surface area (Å²) < 4.78 is 2.04. The minimum Gasteiger partial charge on any atom is -0.352 e. The second-order valence-corrected chi connectivity index (χ2v) is 6.99. The van der Waals surface area contributed by atoms with E-state index < -0.39 is 0 Å². The molecule has 3 rings (SSSR count). The highest BCUT2D eigenvalue weighted by Crippen LogP contribution is 2.28. The van der Waals surface area contributed by atoms with Crippen LogP contribution in [-0.2, 0) is 6.54 Å². The molecule has 6 nitrogen and oxygen atoms in total. The van der Waals surface area contributed by atoms with E-state index in [4.69, 9.17) is 0 Å². The van der Waals surface area contributed by atoms with Crippen LogP contribution in [0.25, 0.3) is 22.1 Å². The second-order valence-electron chi connectivity index (χ2n) is 6.13. The van der Waals surface area contributed by atoms with Gasteiger partial charge in [-0.1, -0.05) is 13.8 Å². The molecule has 0 saturated carbocycles. The number of nitrogens with zero attached hydrogens (tertiary/aromatic N) is 4. The number of carbonyl (C=O) groups is 1. The zero-order chi connectivity index (χ0) is 17.8. The first-order chi connectivity index (χ1) is 12.1. The van der Waals surface area contributed by atoms with Gasteiger partial charge in [-0.2, -0.15) is 0 Å². The zero-order valence-corrected chi connectivity index (χ0v) is 15.4. The monoisotopic (exact) mass is 355 g/mol. The third-order valence-corrected chi connectivity index (χ3v) is 4.58. The van der Waals surface area contributed by atoms with Gasteiger partial charge in [-0.15, -0.1) is 11.3 Å². The van der Waals surface area contributed by atoms with Crippen molar-refractivity contribution in [2.75, 3.05) is 6.54 Å². The van der Waals surface area contributed by atoms with Gasteiger partial charge in [0.25, 0.3) is 5.91 Å². The van der Waals surface area contributed by atoms with Crippen molar-refractivity contribution in [2.45, 2.75) is 27.3 Å². The molecule has 7 heteroatoms. The molecule has 0 radical (unpaired) electrons. The SMILES string of the molecule is CCn1cc(C(=O)NCC(C)C)cc1-c1csc(-c2cnccn2)n1. The number of carbonyl (C=O) groups excluding carboxylic acids is 1. The fraction of sp³-hybridized carbons (Fsp3) is 0.333. The number of rotatable bonds is 6. The van der Waals surface area contributed by atoms with E-state index in [1.54, 1.807) is 18.6 Å². The molecule has 3 heterocycles. The van der Waals surface area contributed by atoms with E-state index in [0.29, 0.717) is 18.0 Å². The molecule has 0 unspecified atom stereocenters. The van der Waals surface area contributed by atoms with Gasteiger partial charge in [0.2, 0.25) is 0 Å². The van der Waals surface area contributed by atoms with Crippen LogP contribution in [0.15, 0.2) is 36.2 Å². The van der Waals surface area contributed by atoms with Crippen LogP contribution in [0.5, 0.6) is 0 Å². The number of hydrogen-bond donors (Lipinski definition) is 1. The van der Waals surface area contributed by atoms with Gasteiger partial charge in [0.15, 0.2) is 0 Å². The molecule has 0 aromatic carbocycles. The number of aryl methyl sites for hydroxylation is 1. The van der Waals surface area contributed by atoms with E-state index in [1.165, 1.54) is 11.3 Å². The first-order valence-electron chi connectivity index (χ1n) is 8.29. The average Bonchev–Trinajstić information content (AvgIpc) is 3.27. The van der Waals surface area contributed by atoms with E-state index in [0.717, 1.165) is 28.6 Å². The third-order valence-electron chi connectivity index (χ3n) is 3.72. The number of amides is 1. The molecule has 0 atom stereocenters. The summed E-state index contributed by atoms with van der Waals surface area (Å²) in [6.07, 6.45) is 6.88. The maximum atomic E-state index is 12.3. The van der Waals surface area contributed by atoms with Gasteiger partial charge in [-0.25, -0.2) is 4.98 Å². The van der Waals surface area contributed by atoms with Crippen LogP contribution in [0.2, 0.25) is 0 Å². The first-order valence-corrected chi connectivity index (χ1v) is 9.17. The highest BCUT2D eigenvalue weighted by Gasteiger charge is 2.16. The van der Waals surface area contributed by atoms with Crippen LogP contribution in [-0.4, -0.2) is 32.0 Å². The third kappa shape index (κ3) is 3.93. The Labute approximate surface area is 151 Å². The molecule has 25 heavy (non-hydrogen) atoms. The Morgan fingerprint density at radius 3 is 2.84 bits per heavy atom. The smallest absolute Gasteiger partial charge is 0.252 e. The topological polar surface area (TPSA) is 72.7 Å². The maximum absolute atomic E-state index is 12.3. The minimum atomic E-state index is -0.0495. The number of hydrogen-bond acceptors (Lipinski definition) is 5. The number of nitrogens with one attached hydrogen (secondary N) is 1. The van der Waals surface area contributed by atoms with Gasteiger partial charge in [0.1, 0.15) is 10.7 Å². The zero-order valence-electron chi connectivity index (χ0n) is 14.6. The van der Waals surface area contributed by atoms with Gasteiger partial charge in [-0.3, -0.25) is 14.8 Å². The Morgan fingerprint density at radius 2 is 2.16 bits per heavy atom. The highest BCUT2D eigenvalue weighted by molar-refractivity contribution is 7.13. The molecule has 3 aromatic rings. The largest absolute Gasteiger partial charge is 0.352 e. The van der Waals surface area contributed by atoms with E-state index in [9.17, 15) is 4.79 Å². The summed E-state index contributed by atoms with van der Waals surface area (Å²) in [5.41, 5.74) is 3.19. The van der Waals surface area contributed by atoms with E-state index >= 15 is 0 Å². The minimum absolute atomic E-state index is 0.0495. The standard InChI is InChI=1S/C18H21N5OS/c1-4-23-10-13(17(24)21-8-12(2)3)7-16(23)15-11-25-18(22-15)14-9-19-5-6-20-14/h5-7,9-12H,4,8H2,1-3H3,(H,21,24). The lowest BCUT2D eigenvalue weighted by Gasteiger charge is -2.05. The predicted molar refractivity (Wildman–Crippen MR) is 99.4 cm³/mol. The number of aromatic nitrogens is 4. The fourth-order valence-electron chi connectivity index (χ4n) is 2.43. The van der Waals surface area contributed by atoms with Crippen molar-refractivity contribution in [3.63, 3.8) is 0 Å². The Bertz CT molecular complexity index is 853. The summed E-state index contributed by atoms with van der Waals surface area (Å²) in [6, 6.07) is 1.90. The average molecular weight is 355 g/mol. The fourth-order valence-corrected chi connectivity index (χ4v) is 3.20. The van der Waals surface area contributed by atoms with Crippen molar-refractivity contribution < 1.29 is 4.79 Å². The van der Waals surface area contributed by atoms with Gasteiger partial charge < -0.3 is 9.88 Å². The van der Waals surface area contributed by atoms with Crippen molar-refractivity contribution >= 4 is 17.2 Å². The first kappa shape index (κ1) is 17.3.